The molecule has 0 amide bonds. The second-order valence-corrected chi connectivity index (χ2v) is 4.40. The molecular weight excluding hydrogens is 224 g/mol. The predicted octanol–water partition coefficient (Wildman–Crippen LogP) is 3.75. The highest BCUT2D eigenvalue weighted by atomic mass is 35.5. The third-order valence-corrected chi connectivity index (χ3v) is 3.07. The van der Waals surface area contributed by atoms with Crippen LogP contribution in [0, 0.1) is 0 Å². The SMILES string of the molecule is O=C1CCCC/C1=C(\O)c1ccc(Cl)cc1. The van der Waals surface area contributed by atoms with E-state index in [-0.39, 0.29) is 11.5 Å². The number of hydrogen-bond acceptors (Lipinski definition) is 2. The molecule has 0 unspecified atom stereocenters. The van der Waals surface area contributed by atoms with Crippen LogP contribution in [0.15, 0.2) is 29.8 Å². The zero-order chi connectivity index (χ0) is 11.5. The molecule has 16 heavy (non-hydrogen) atoms. The summed E-state index contributed by atoms with van der Waals surface area (Å²) in [6.45, 7) is 0. The van der Waals surface area contributed by atoms with Gasteiger partial charge in [0.05, 0.1) is 0 Å². The van der Waals surface area contributed by atoms with Crippen molar-refractivity contribution in [3.05, 3.63) is 40.4 Å². The molecule has 0 spiro atoms. The molecule has 1 fully saturated rings. The minimum absolute atomic E-state index is 0.0682. The van der Waals surface area contributed by atoms with E-state index >= 15 is 0 Å². The number of aliphatic hydroxyl groups excluding tert-OH is 1. The van der Waals surface area contributed by atoms with Crippen molar-refractivity contribution in [2.75, 3.05) is 0 Å². The van der Waals surface area contributed by atoms with Gasteiger partial charge in [-0.1, -0.05) is 11.6 Å². The number of benzene rings is 1. The van der Waals surface area contributed by atoms with Crippen molar-refractivity contribution in [1.29, 1.82) is 0 Å². The highest BCUT2D eigenvalue weighted by Crippen LogP contribution is 2.27. The topological polar surface area (TPSA) is 37.3 Å². The van der Waals surface area contributed by atoms with Crippen LogP contribution in [0.3, 0.4) is 0 Å². The van der Waals surface area contributed by atoms with Crippen LogP contribution in [0.25, 0.3) is 5.76 Å². The standard InChI is InChI=1S/C13H13ClO2/c14-10-7-5-9(6-8-10)13(16)11-3-1-2-4-12(11)15/h5-8,16H,1-4H2/b13-11+. The molecule has 0 atom stereocenters. The van der Waals surface area contributed by atoms with Crippen molar-refractivity contribution in [2.45, 2.75) is 25.7 Å². The second-order valence-electron chi connectivity index (χ2n) is 3.96. The van der Waals surface area contributed by atoms with E-state index in [4.69, 9.17) is 11.6 Å². The summed E-state index contributed by atoms with van der Waals surface area (Å²) in [6.07, 6.45) is 3.12. The molecule has 0 aliphatic heterocycles. The zero-order valence-corrected chi connectivity index (χ0v) is 9.63. The maximum Gasteiger partial charge on any atom is 0.162 e. The molecule has 0 saturated heterocycles. The normalized spacial score (nSPS) is 19.7. The Kier molecular flexibility index (Phi) is 3.30. The van der Waals surface area contributed by atoms with Crippen LogP contribution < -0.4 is 0 Å². The Bertz CT molecular complexity index is 432. The summed E-state index contributed by atoms with van der Waals surface area (Å²) in [4.78, 5) is 11.6. The van der Waals surface area contributed by atoms with Crippen LogP contribution >= 0.6 is 11.6 Å². The lowest BCUT2D eigenvalue weighted by Crippen LogP contribution is -2.10. The molecule has 84 valence electrons. The van der Waals surface area contributed by atoms with Gasteiger partial charge < -0.3 is 5.11 Å². The Morgan fingerprint density at radius 1 is 1.12 bits per heavy atom. The van der Waals surface area contributed by atoms with E-state index in [0.717, 1.165) is 12.8 Å². The molecule has 3 heteroatoms. The Labute approximate surface area is 99.5 Å². The number of rotatable bonds is 1. The van der Waals surface area contributed by atoms with E-state index < -0.39 is 0 Å². The largest absolute Gasteiger partial charge is 0.507 e. The van der Waals surface area contributed by atoms with Crippen molar-refractivity contribution in [2.24, 2.45) is 0 Å². The first-order valence-corrected chi connectivity index (χ1v) is 5.77. The highest BCUT2D eigenvalue weighted by molar-refractivity contribution is 6.30. The predicted molar refractivity (Wildman–Crippen MR) is 64.5 cm³/mol. The Morgan fingerprint density at radius 3 is 2.38 bits per heavy atom. The Hall–Kier alpha value is -1.28. The third-order valence-electron chi connectivity index (χ3n) is 2.82. The number of ketones is 1. The molecular formula is C13H13ClO2. The van der Waals surface area contributed by atoms with E-state index in [9.17, 15) is 9.90 Å². The van der Waals surface area contributed by atoms with Gasteiger partial charge in [0, 0.05) is 22.6 Å². The minimum atomic E-state index is 0.0682. The van der Waals surface area contributed by atoms with Gasteiger partial charge >= 0.3 is 0 Å². The lowest BCUT2D eigenvalue weighted by molar-refractivity contribution is -0.116. The molecule has 1 N–H and O–H groups in total. The number of aliphatic hydroxyl groups is 1. The zero-order valence-electron chi connectivity index (χ0n) is 8.87. The van der Waals surface area contributed by atoms with Crippen LogP contribution in [-0.2, 0) is 4.79 Å². The molecule has 2 rings (SSSR count). The van der Waals surface area contributed by atoms with Gasteiger partial charge in [-0.15, -0.1) is 0 Å². The van der Waals surface area contributed by atoms with E-state index in [2.05, 4.69) is 0 Å². The summed E-state index contributed by atoms with van der Waals surface area (Å²) >= 11 is 5.77. The molecule has 0 bridgehead atoms. The fourth-order valence-corrected chi connectivity index (χ4v) is 2.04. The molecule has 0 heterocycles. The van der Waals surface area contributed by atoms with Gasteiger partial charge in [-0.25, -0.2) is 0 Å². The fraction of sp³-hybridized carbons (Fsp3) is 0.308. The molecule has 0 radical (unpaired) electrons. The summed E-state index contributed by atoms with van der Waals surface area (Å²) in [5.74, 6) is 0.181. The van der Waals surface area contributed by atoms with E-state index in [1.54, 1.807) is 24.3 Å². The maximum atomic E-state index is 11.6. The van der Waals surface area contributed by atoms with E-state index in [1.807, 2.05) is 0 Å². The average Bonchev–Trinajstić information content (AvgIpc) is 2.30. The van der Waals surface area contributed by atoms with Crippen LogP contribution in [0.5, 0.6) is 0 Å². The van der Waals surface area contributed by atoms with Crippen molar-refractivity contribution < 1.29 is 9.90 Å². The van der Waals surface area contributed by atoms with Crippen molar-refractivity contribution in [1.82, 2.24) is 0 Å². The highest BCUT2D eigenvalue weighted by Gasteiger charge is 2.19. The quantitative estimate of drug-likeness (QED) is 0.596. The number of carbonyl (C=O) groups is 1. The Balaban J connectivity index is 2.35. The number of allylic oxidation sites excluding steroid dienone is 1. The van der Waals surface area contributed by atoms with Crippen LogP contribution in [0.4, 0.5) is 0 Å². The molecule has 0 aromatic heterocycles. The first-order chi connectivity index (χ1) is 7.68. The molecule has 1 aromatic rings. The summed E-state index contributed by atoms with van der Waals surface area (Å²) in [5, 5.41) is 10.6. The first-order valence-electron chi connectivity index (χ1n) is 5.40. The number of Topliss-reactive ketones (excluding diaryl/α,β-unsaturated/α-hetero) is 1. The molecule has 1 aliphatic carbocycles. The van der Waals surface area contributed by atoms with Gasteiger partial charge in [0.1, 0.15) is 5.76 Å². The van der Waals surface area contributed by atoms with E-state index in [1.165, 1.54) is 0 Å². The van der Waals surface area contributed by atoms with Gasteiger partial charge in [-0.05, 0) is 43.5 Å². The summed E-state index contributed by atoms with van der Waals surface area (Å²) in [6, 6.07) is 6.88. The van der Waals surface area contributed by atoms with Gasteiger partial charge in [0.25, 0.3) is 0 Å². The van der Waals surface area contributed by atoms with E-state index in [0.29, 0.717) is 29.0 Å². The van der Waals surface area contributed by atoms with Crippen LogP contribution in [0.1, 0.15) is 31.2 Å². The molecule has 2 nitrogen and oxygen atoms in total. The monoisotopic (exact) mass is 236 g/mol. The molecule has 1 aromatic carbocycles. The molecule has 1 saturated carbocycles. The second kappa shape index (κ2) is 4.71. The van der Waals surface area contributed by atoms with Crippen molar-refractivity contribution in [3.8, 4) is 0 Å². The summed E-state index contributed by atoms with van der Waals surface area (Å²) < 4.78 is 0. The third kappa shape index (κ3) is 2.27. The van der Waals surface area contributed by atoms with Gasteiger partial charge in [-0.3, -0.25) is 4.79 Å². The summed E-state index contributed by atoms with van der Waals surface area (Å²) in [7, 11) is 0. The number of carbonyl (C=O) groups excluding carboxylic acids is 1. The van der Waals surface area contributed by atoms with Gasteiger partial charge in [-0.2, -0.15) is 0 Å². The maximum absolute atomic E-state index is 11.6. The lowest BCUT2D eigenvalue weighted by atomic mass is 9.91. The van der Waals surface area contributed by atoms with Gasteiger partial charge in [0.2, 0.25) is 0 Å². The number of hydrogen-bond donors (Lipinski definition) is 1. The fourth-order valence-electron chi connectivity index (χ4n) is 1.91. The van der Waals surface area contributed by atoms with Crippen molar-refractivity contribution in [3.63, 3.8) is 0 Å². The van der Waals surface area contributed by atoms with Gasteiger partial charge in [0.15, 0.2) is 5.78 Å². The first kappa shape index (κ1) is 11.2. The Morgan fingerprint density at radius 2 is 1.75 bits per heavy atom. The van der Waals surface area contributed by atoms with Crippen molar-refractivity contribution >= 4 is 23.1 Å². The van der Waals surface area contributed by atoms with Crippen LogP contribution in [0.2, 0.25) is 5.02 Å². The minimum Gasteiger partial charge on any atom is -0.507 e. The lowest BCUT2D eigenvalue weighted by Gasteiger charge is -2.14. The van der Waals surface area contributed by atoms with Crippen LogP contribution in [-0.4, -0.2) is 10.9 Å². The summed E-state index contributed by atoms with van der Waals surface area (Å²) in [5.41, 5.74) is 1.23. The number of halogens is 1. The molecule has 1 aliphatic rings. The smallest absolute Gasteiger partial charge is 0.162 e. The average molecular weight is 237 g/mol.